The van der Waals surface area contributed by atoms with Crippen molar-refractivity contribution < 1.29 is 14.5 Å². The van der Waals surface area contributed by atoms with Crippen LogP contribution in [0.4, 0.5) is 5.69 Å². The second-order valence-electron chi connectivity index (χ2n) is 4.24. The quantitative estimate of drug-likeness (QED) is 0.475. The zero-order valence-corrected chi connectivity index (χ0v) is 10.9. The van der Waals surface area contributed by atoms with Crippen molar-refractivity contribution in [3.05, 3.63) is 70.3 Å². The van der Waals surface area contributed by atoms with Gasteiger partial charge in [0.15, 0.2) is 6.10 Å². The van der Waals surface area contributed by atoms with Crippen molar-refractivity contribution in [2.24, 2.45) is 0 Å². The second-order valence-corrected chi connectivity index (χ2v) is 4.24. The first-order chi connectivity index (χ1) is 9.58. The highest BCUT2D eigenvalue weighted by atomic mass is 16.6. The first-order valence-corrected chi connectivity index (χ1v) is 6.08. The van der Waals surface area contributed by atoms with Crippen LogP contribution in [0.25, 0.3) is 0 Å². The van der Waals surface area contributed by atoms with E-state index in [2.05, 4.69) is 0 Å². The Balaban J connectivity index is 2.06. The van der Waals surface area contributed by atoms with E-state index < -0.39 is 11.0 Å². The van der Waals surface area contributed by atoms with Crippen molar-refractivity contribution in [1.82, 2.24) is 0 Å². The zero-order chi connectivity index (χ0) is 14.5. The Morgan fingerprint density at radius 3 is 2.25 bits per heavy atom. The minimum atomic E-state index is -0.654. The molecule has 0 radical (unpaired) electrons. The molecule has 0 amide bonds. The molecule has 0 aliphatic rings. The lowest BCUT2D eigenvalue weighted by Crippen LogP contribution is -2.23. The maximum atomic E-state index is 12.1. The van der Waals surface area contributed by atoms with Gasteiger partial charge in [-0.3, -0.25) is 14.9 Å². The maximum absolute atomic E-state index is 12.1. The van der Waals surface area contributed by atoms with Gasteiger partial charge < -0.3 is 4.74 Å². The fourth-order valence-corrected chi connectivity index (χ4v) is 1.74. The van der Waals surface area contributed by atoms with Crippen LogP contribution in [-0.2, 0) is 0 Å². The largest absolute Gasteiger partial charge is 0.483 e. The molecule has 20 heavy (non-hydrogen) atoms. The first-order valence-electron chi connectivity index (χ1n) is 6.08. The van der Waals surface area contributed by atoms with E-state index in [4.69, 9.17) is 4.74 Å². The Hall–Kier alpha value is -2.69. The fraction of sp³-hybridized carbons (Fsp3) is 0.133. The van der Waals surface area contributed by atoms with Crippen LogP contribution in [-0.4, -0.2) is 16.8 Å². The van der Waals surface area contributed by atoms with Crippen molar-refractivity contribution in [2.75, 3.05) is 0 Å². The van der Waals surface area contributed by atoms with E-state index in [0.717, 1.165) is 0 Å². The summed E-state index contributed by atoms with van der Waals surface area (Å²) >= 11 is 0. The average molecular weight is 271 g/mol. The first kappa shape index (κ1) is 13.7. The molecule has 0 fully saturated rings. The number of nitro benzene ring substituents is 1. The van der Waals surface area contributed by atoms with Crippen molar-refractivity contribution in [2.45, 2.75) is 13.0 Å². The highest BCUT2D eigenvalue weighted by Crippen LogP contribution is 2.19. The SMILES string of the molecule is CC(Oc1ccc([N+](=O)[O-])cc1)C(=O)c1ccccc1. The smallest absolute Gasteiger partial charge is 0.269 e. The maximum Gasteiger partial charge on any atom is 0.269 e. The molecule has 2 aromatic carbocycles. The lowest BCUT2D eigenvalue weighted by atomic mass is 10.1. The third-order valence-corrected chi connectivity index (χ3v) is 2.79. The predicted octanol–water partition coefficient (Wildman–Crippen LogP) is 3.25. The van der Waals surface area contributed by atoms with Gasteiger partial charge >= 0.3 is 0 Å². The van der Waals surface area contributed by atoms with Gasteiger partial charge in [-0.05, 0) is 19.1 Å². The van der Waals surface area contributed by atoms with E-state index in [9.17, 15) is 14.9 Å². The third-order valence-electron chi connectivity index (χ3n) is 2.79. The van der Waals surface area contributed by atoms with Gasteiger partial charge in [0.1, 0.15) is 5.75 Å². The van der Waals surface area contributed by atoms with Crippen LogP contribution in [0, 0.1) is 10.1 Å². The topological polar surface area (TPSA) is 69.4 Å². The van der Waals surface area contributed by atoms with Gasteiger partial charge in [-0.15, -0.1) is 0 Å². The normalized spacial score (nSPS) is 11.7. The molecule has 1 unspecified atom stereocenters. The molecule has 1 atom stereocenters. The molecule has 0 saturated carbocycles. The number of non-ortho nitro benzene ring substituents is 1. The average Bonchev–Trinajstić information content (AvgIpc) is 2.48. The molecule has 5 heteroatoms. The summed E-state index contributed by atoms with van der Waals surface area (Å²) in [4.78, 5) is 22.1. The number of carbonyl (C=O) groups excluding carboxylic acids is 1. The van der Waals surface area contributed by atoms with E-state index in [1.54, 1.807) is 31.2 Å². The molecule has 0 N–H and O–H groups in total. The van der Waals surface area contributed by atoms with Crippen molar-refractivity contribution in [1.29, 1.82) is 0 Å². The number of rotatable bonds is 5. The van der Waals surface area contributed by atoms with Crippen LogP contribution < -0.4 is 4.74 Å². The van der Waals surface area contributed by atoms with Gasteiger partial charge in [-0.25, -0.2) is 0 Å². The van der Waals surface area contributed by atoms with Gasteiger partial charge in [0.25, 0.3) is 5.69 Å². The number of hydrogen-bond donors (Lipinski definition) is 0. The summed E-state index contributed by atoms with van der Waals surface area (Å²) in [5.41, 5.74) is 0.557. The van der Waals surface area contributed by atoms with E-state index in [1.165, 1.54) is 24.3 Å². The summed E-state index contributed by atoms with van der Waals surface area (Å²) in [6.45, 7) is 1.65. The molecule has 102 valence electrons. The minimum Gasteiger partial charge on any atom is -0.483 e. The summed E-state index contributed by atoms with van der Waals surface area (Å²) in [6.07, 6.45) is -0.654. The monoisotopic (exact) mass is 271 g/mol. The van der Waals surface area contributed by atoms with E-state index >= 15 is 0 Å². The van der Waals surface area contributed by atoms with Gasteiger partial charge in [-0.1, -0.05) is 30.3 Å². The van der Waals surface area contributed by atoms with Crippen LogP contribution in [0.1, 0.15) is 17.3 Å². The van der Waals surface area contributed by atoms with Crippen molar-refractivity contribution in [3.8, 4) is 5.75 Å². The van der Waals surface area contributed by atoms with Crippen molar-refractivity contribution in [3.63, 3.8) is 0 Å². The molecule has 2 aromatic rings. The number of Topliss-reactive ketones (excluding diaryl/α,β-unsaturated/α-hetero) is 1. The molecular weight excluding hydrogens is 258 g/mol. The number of ether oxygens (including phenoxy) is 1. The highest BCUT2D eigenvalue weighted by Gasteiger charge is 2.16. The van der Waals surface area contributed by atoms with Crippen molar-refractivity contribution >= 4 is 11.5 Å². The number of ketones is 1. The molecule has 0 aliphatic carbocycles. The van der Waals surface area contributed by atoms with E-state index in [-0.39, 0.29) is 11.5 Å². The standard InChI is InChI=1S/C15H13NO4/c1-11(15(17)12-5-3-2-4-6-12)20-14-9-7-13(8-10-14)16(18)19/h2-11H,1H3. The molecule has 0 saturated heterocycles. The third kappa shape index (κ3) is 3.20. The van der Waals surface area contributed by atoms with Crippen LogP contribution in [0.2, 0.25) is 0 Å². The second kappa shape index (κ2) is 5.97. The van der Waals surface area contributed by atoms with Crippen LogP contribution >= 0.6 is 0 Å². The number of hydrogen-bond acceptors (Lipinski definition) is 4. The Kier molecular flexibility index (Phi) is 4.10. The molecule has 2 rings (SSSR count). The van der Waals surface area contributed by atoms with E-state index in [0.29, 0.717) is 11.3 Å². The summed E-state index contributed by atoms with van der Waals surface area (Å²) < 4.78 is 5.49. The van der Waals surface area contributed by atoms with Crippen LogP contribution in [0.15, 0.2) is 54.6 Å². The molecule has 0 spiro atoms. The highest BCUT2D eigenvalue weighted by molar-refractivity contribution is 5.99. The van der Waals surface area contributed by atoms with E-state index in [1.807, 2.05) is 6.07 Å². The zero-order valence-electron chi connectivity index (χ0n) is 10.9. The fourth-order valence-electron chi connectivity index (χ4n) is 1.74. The molecule has 0 heterocycles. The Morgan fingerprint density at radius 2 is 1.70 bits per heavy atom. The summed E-state index contributed by atoms with van der Waals surface area (Å²) in [6, 6.07) is 14.5. The number of nitro groups is 1. The molecule has 0 aliphatic heterocycles. The summed E-state index contributed by atoms with van der Waals surface area (Å²) in [7, 11) is 0. The number of nitrogens with zero attached hydrogens (tertiary/aromatic N) is 1. The Morgan fingerprint density at radius 1 is 1.10 bits per heavy atom. The number of benzene rings is 2. The van der Waals surface area contributed by atoms with Crippen LogP contribution in [0.5, 0.6) is 5.75 Å². The molecule has 0 aromatic heterocycles. The van der Waals surface area contributed by atoms with Gasteiger partial charge in [0.05, 0.1) is 4.92 Å². The minimum absolute atomic E-state index is 0.0145. The van der Waals surface area contributed by atoms with Crippen LogP contribution in [0.3, 0.4) is 0 Å². The molecule has 0 bridgehead atoms. The van der Waals surface area contributed by atoms with Gasteiger partial charge in [0, 0.05) is 17.7 Å². The lowest BCUT2D eigenvalue weighted by molar-refractivity contribution is -0.384. The summed E-state index contributed by atoms with van der Waals surface area (Å²) in [5.74, 6) is 0.288. The molecular formula is C15H13NO4. The number of carbonyl (C=O) groups is 1. The Labute approximate surface area is 116 Å². The predicted molar refractivity (Wildman–Crippen MR) is 74.0 cm³/mol. The molecule has 5 nitrogen and oxygen atoms in total. The van der Waals surface area contributed by atoms with Gasteiger partial charge in [0.2, 0.25) is 5.78 Å². The van der Waals surface area contributed by atoms with Gasteiger partial charge in [-0.2, -0.15) is 0 Å². The summed E-state index contributed by atoms with van der Waals surface area (Å²) in [5, 5.41) is 10.5. The Bertz CT molecular complexity index is 608. The lowest BCUT2D eigenvalue weighted by Gasteiger charge is -2.13.